The third-order valence-electron chi connectivity index (χ3n) is 5.32. The van der Waals surface area contributed by atoms with E-state index < -0.39 is 5.60 Å². The second-order valence-electron chi connectivity index (χ2n) is 7.02. The first-order chi connectivity index (χ1) is 12.2. The molecule has 3 heterocycles. The topological polar surface area (TPSA) is 69.4 Å². The van der Waals surface area contributed by atoms with Gasteiger partial charge in [0.2, 0.25) is 0 Å². The Hall–Kier alpha value is -2.26. The average molecular weight is 335 g/mol. The summed E-state index contributed by atoms with van der Waals surface area (Å²) in [5.74, 6) is 0. The maximum Gasteiger partial charge on any atom is 0.101 e. The van der Waals surface area contributed by atoms with Gasteiger partial charge in [-0.2, -0.15) is 5.26 Å². The van der Waals surface area contributed by atoms with E-state index in [9.17, 15) is 5.11 Å². The number of piperidine rings is 1. The van der Waals surface area contributed by atoms with E-state index in [0.717, 1.165) is 12.1 Å². The van der Waals surface area contributed by atoms with Gasteiger partial charge in [-0.25, -0.2) is 0 Å². The summed E-state index contributed by atoms with van der Waals surface area (Å²) in [6.07, 6.45) is 4.39. The Kier molecular flexibility index (Phi) is 4.26. The zero-order valence-corrected chi connectivity index (χ0v) is 14.0. The third kappa shape index (κ3) is 3.16. The summed E-state index contributed by atoms with van der Waals surface area (Å²) in [7, 11) is 0. The van der Waals surface area contributed by atoms with E-state index in [1.54, 1.807) is 12.3 Å². The van der Waals surface area contributed by atoms with Crippen LogP contribution in [0.1, 0.15) is 29.5 Å². The first kappa shape index (κ1) is 16.2. The molecule has 2 unspecified atom stereocenters. The molecule has 2 aliphatic rings. The van der Waals surface area contributed by atoms with E-state index in [1.165, 1.54) is 11.8 Å². The maximum atomic E-state index is 11.3. The predicted molar refractivity (Wildman–Crippen MR) is 92.5 cm³/mol. The van der Waals surface area contributed by atoms with Crippen molar-refractivity contribution in [3.8, 4) is 6.07 Å². The van der Waals surface area contributed by atoms with Crippen molar-refractivity contribution in [1.29, 1.82) is 5.26 Å². The molecule has 25 heavy (non-hydrogen) atoms. The Morgan fingerprint density at radius 3 is 2.60 bits per heavy atom. The zero-order chi connectivity index (χ0) is 17.3. The molecule has 2 fully saturated rings. The highest BCUT2D eigenvalue weighted by Crippen LogP contribution is 2.41. The van der Waals surface area contributed by atoms with Gasteiger partial charge in [0.25, 0.3) is 0 Å². The van der Waals surface area contributed by atoms with Gasteiger partial charge in [0.05, 0.1) is 24.4 Å². The van der Waals surface area contributed by atoms with Crippen LogP contribution in [0.25, 0.3) is 0 Å². The summed E-state index contributed by atoms with van der Waals surface area (Å²) in [4.78, 5) is 6.58. The van der Waals surface area contributed by atoms with E-state index in [-0.39, 0.29) is 12.1 Å². The van der Waals surface area contributed by atoms with Crippen LogP contribution >= 0.6 is 0 Å². The lowest BCUT2D eigenvalue weighted by Gasteiger charge is -2.51. The maximum absolute atomic E-state index is 11.3. The second kappa shape index (κ2) is 6.57. The first-order valence-electron chi connectivity index (χ1n) is 8.63. The van der Waals surface area contributed by atoms with Crippen LogP contribution < -0.4 is 0 Å². The lowest BCUT2D eigenvalue weighted by Crippen LogP contribution is -2.60. The van der Waals surface area contributed by atoms with Crippen LogP contribution in [0.4, 0.5) is 0 Å². The Bertz CT molecular complexity index is 773. The van der Waals surface area contributed by atoms with Crippen molar-refractivity contribution in [2.45, 2.75) is 37.1 Å². The summed E-state index contributed by atoms with van der Waals surface area (Å²) in [6.45, 7) is 2.11. The number of hydrogen-bond acceptors (Lipinski definition) is 5. The number of aromatic nitrogens is 1. The Labute approximate surface area is 147 Å². The number of benzene rings is 1. The van der Waals surface area contributed by atoms with Gasteiger partial charge < -0.3 is 9.84 Å². The predicted octanol–water partition coefficient (Wildman–Crippen LogP) is 2.20. The van der Waals surface area contributed by atoms with Crippen molar-refractivity contribution >= 4 is 0 Å². The number of aliphatic hydroxyl groups is 1. The lowest BCUT2D eigenvalue weighted by atomic mass is 9.77. The van der Waals surface area contributed by atoms with Crippen LogP contribution in [-0.4, -0.2) is 40.3 Å². The average Bonchev–Trinajstić information content (AvgIpc) is 2.64. The van der Waals surface area contributed by atoms with Crippen LogP contribution in [0.5, 0.6) is 0 Å². The summed E-state index contributed by atoms with van der Waals surface area (Å²) >= 11 is 0. The van der Waals surface area contributed by atoms with Crippen molar-refractivity contribution < 1.29 is 9.84 Å². The molecule has 4 rings (SSSR count). The number of fused-ring (bicyclic) bond motifs is 2. The number of nitriles is 1. The summed E-state index contributed by atoms with van der Waals surface area (Å²) in [5.41, 5.74) is 1.55. The molecule has 2 aliphatic heterocycles. The molecule has 1 aromatic heterocycles. The number of ether oxygens (including phenoxy) is 1. The van der Waals surface area contributed by atoms with Crippen LogP contribution in [0.3, 0.4) is 0 Å². The van der Waals surface area contributed by atoms with Gasteiger partial charge in [0.15, 0.2) is 0 Å². The van der Waals surface area contributed by atoms with Crippen molar-refractivity contribution in [3.05, 3.63) is 65.5 Å². The molecular formula is C20H21N3O2. The van der Waals surface area contributed by atoms with E-state index in [0.29, 0.717) is 31.6 Å². The monoisotopic (exact) mass is 335 g/mol. The van der Waals surface area contributed by atoms with Gasteiger partial charge in [-0.3, -0.25) is 9.88 Å². The first-order valence-corrected chi connectivity index (χ1v) is 8.63. The molecule has 0 spiro atoms. The summed E-state index contributed by atoms with van der Waals surface area (Å²) in [5, 5.41) is 20.4. The smallest absolute Gasteiger partial charge is 0.101 e. The van der Waals surface area contributed by atoms with Crippen molar-refractivity contribution in [3.63, 3.8) is 0 Å². The molecule has 5 nitrogen and oxygen atoms in total. The molecule has 5 heteroatoms. The van der Waals surface area contributed by atoms with Gasteiger partial charge in [0.1, 0.15) is 6.07 Å². The largest absolute Gasteiger partial charge is 0.385 e. The number of hydrogen-bond donors (Lipinski definition) is 1. The lowest BCUT2D eigenvalue weighted by molar-refractivity contribution is -0.149. The number of morpholine rings is 1. The van der Waals surface area contributed by atoms with Crippen LogP contribution in [0.15, 0.2) is 48.8 Å². The minimum Gasteiger partial charge on any atom is -0.385 e. The van der Waals surface area contributed by atoms with E-state index in [4.69, 9.17) is 10.00 Å². The standard InChI is InChI=1S/C20H21N3O2/c21-9-16-6-17(11-22-10-16)20(24)7-18-13-25-14-19(8-20)23(18)12-15-4-2-1-3-5-15/h1-6,10-11,18-19,24H,7-8,12-14H2. The Morgan fingerprint density at radius 1 is 1.20 bits per heavy atom. The minimum absolute atomic E-state index is 0.156. The SMILES string of the molecule is N#Cc1cncc(C2(O)CC3COCC(C2)N3Cc2ccccc2)c1. The van der Waals surface area contributed by atoms with Crippen LogP contribution in [0, 0.1) is 11.3 Å². The molecule has 2 saturated heterocycles. The Balaban J connectivity index is 1.59. The van der Waals surface area contributed by atoms with Crippen molar-refractivity contribution in [1.82, 2.24) is 9.88 Å². The normalized spacial score (nSPS) is 29.1. The molecule has 2 atom stereocenters. The zero-order valence-electron chi connectivity index (χ0n) is 14.0. The molecule has 1 N–H and O–H groups in total. The number of nitrogens with zero attached hydrogens (tertiary/aromatic N) is 3. The fourth-order valence-corrected chi connectivity index (χ4v) is 4.09. The fraction of sp³-hybridized carbons (Fsp3) is 0.400. The quantitative estimate of drug-likeness (QED) is 0.931. The van der Waals surface area contributed by atoms with E-state index in [1.807, 2.05) is 6.07 Å². The summed E-state index contributed by atoms with van der Waals surface area (Å²) < 4.78 is 5.76. The fourth-order valence-electron chi connectivity index (χ4n) is 4.09. The van der Waals surface area contributed by atoms with Crippen molar-refractivity contribution in [2.75, 3.05) is 13.2 Å². The van der Waals surface area contributed by atoms with Crippen molar-refractivity contribution in [2.24, 2.45) is 0 Å². The highest BCUT2D eigenvalue weighted by molar-refractivity contribution is 5.33. The molecular weight excluding hydrogens is 314 g/mol. The molecule has 2 bridgehead atoms. The highest BCUT2D eigenvalue weighted by Gasteiger charge is 2.47. The number of pyridine rings is 1. The molecule has 0 saturated carbocycles. The molecule has 1 aromatic carbocycles. The van der Waals surface area contributed by atoms with E-state index >= 15 is 0 Å². The van der Waals surface area contributed by atoms with Gasteiger partial charge >= 0.3 is 0 Å². The summed E-state index contributed by atoms with van der Waals surface area (Å²) in [6, 6.07) is 14.6. The minimum atomic E-state index is -0.952. The van der Waals surface area contributed by atoms with Gasteiger partial charge in [-0.05, 0) is 24.5 Å². The molecule has 0 amide bonds. The van der Waals surface area contributed by atoms with Gasteiger partial charge in [0, 0.05) is 36.6 Å². The molecule has 2 aromatic rings. The number of rotatable bonds is 3. The highest BCUT2D eigenvalue weighted by atomic mass is 16.5. The van der Waals surface area contributed by atoms with Gasteiger partial charge in [-0.15, -0.1) is 0 Å². The van der Waals surface area contributed by atoms with Crippen LogP contribution in [-0.2, 0) is 16.9 Å². The van der Waals surface area contributed by atoms with Crippen LogP contribution in [0.2, 0.25) is 0 Å². The van der Waals surface area contributed by atoms with E-state index in [2.05, 4.69) is 40.2 Å². The molecule has 128 valence electrons. The molecule has 0 radical (unpaired) electrons. The second-order valence-corrected chi connectivity index (χ2v) is 7.02. The van der Waals surface area contributed by atoms with Gasteiger partial charge in [-0.1, -0.05) is 30.3 Å². The third-order valence-corrected chi connectivity index (χ3v) is 5.32. The molecule has 0 aliphatic carbocycles. The Morgan fingerprint density at radius 2 is 1.92 bits per heavy atom.